The van der Waals surface area contributed by atoms with E-state index < -0.39 is 0 Å². The van der Waals surface area contributed by atoms with E-state index in [2.05, 4.69) is 67.5 Å². The third kappa shape index (κ3) is 3.38. The van der Waals surface area contributed by atoms with E-state index in [-0.39, 0.29) is 0 Å². The Morgan fingerprint density at radius 3 is 2.44 bits per heavy atom. The molecule has 3 aromatic carbocycles. The van der Waals surface area contributed by atoms with Crippen molar-refractivity contribution in [3.8, 4) is 0 Å². The number of thioether (sulfide) groups is 1. The van der Waals surface area contributed by atoms with Crippen molar-refractivity contribution in [2.45, 2.75) is 24.0 Å². The van der Waals surface area contributed by atoms with Crippen LogP contribution in [-0.2, 0) is 18.8 Å². The summed E-state index contributed by atoms with van der Waals surface area (Å²) in [6, 6.07) is 26.7. The van der Waals surface area contributed by atoms with E-state index in [1.165, 1.54) is 17.3 Å². The molecule has 7 nitrogen and oxygen atoms in total. The molecule has 0 saturated heterocycles. The number of benzene rings is 3. The van der Waals surface area contributed by atoms with Gasteiger partial charge in [0.2, 0.25) is 5.16 Å². The number of rotatable bonds is 6. The third-order valence-electron chi connectivity index (χ3n) is 5.56. The van der Waals surface area contributed by atoms with Gasteiger partial charge in [0.15, 0.2) is 5.65 Å². The SMILES string of the molecule is c1ccc(CCn2c3ccccc3c3nnc(SCn4nnc5ccccc54)nc32)cc1. The standard InChI is InChI=1S/C24H19N7S/c1-2-8-17(9-3-1)14-15-30-20-12-6-4-10-18(20)22-23(30)25-24(28-27-22)32-16-31-21-13-7-5-11-19(21)26-29-31/h1-13H,14-16H2. The fraction of sp³-hybridized carbons (Fsp3) is 0.125. The number of aryl methyl sites for hydroxylation is 2. The lowest BCUT2D eigenvalue weighted by Crippen LogP contribution is -2.04. The van der Waals surface area contributed by atoms with Crippen LogP contribution in [0.25, 0.3) is 33.1 Å². The van der Waals surface area contributed by atoms with Crippen LogP contribution in [0, 0.1) is 0 Å². The highest BCUT2D eigenvalue weighted by molar-refractivity contribution is 7.98. The van der Waals surface area contributed by atoms with Crippen molar-refractivity contribution >= 4 is 44.9 Å². The molecule has 0 atom stereocenters. The van der Waals surface area contributed by atoms with Crippen LogP contribution in [-0.4, -0.2) is 34.7 Å². The molecule has 0 saturated carbocycles. The van der Waals surface area contributed by atoms with Gasteiger partial charge in [-0.15, -0.1) is 15.3 Å². The Labute approximate surface area is 188 Å². The second-order valence-electron chi connectivity index (χ2n) is 7.52. The maximum atomic E-state index is 4.89. The summed E-state index contributed by atoms with van der Waals surface area (Å²) >= 11 is 1.50. The molecule has 0 radical (unpaired) electrons. The minimum Gasteiger partial charge on any atom is -0.323 e. The zero-order valence-electron chi connectivity index (χ0n) is 17.2. The average Bonchev–Trinajstić information content (AvgIpc) is 3.41. The van der Waals surface area contributed by atoms with Crippen molar-refractivity contribution in [1.29, 1.82) is 0 Å². The highest BCUT2D eigenvalue weighted by Gasteiger charge is 2.15. The van der Waals surface area contributed by atoms with Crippen LogP contribution in [0.2, 0.25) is 0 Å². The predicted molar refractivity (Wildman–Crippen MR) is 126 cm³/mol. The van der Waals surface area contributed by atoms with Crippen LogP contribution in [0.15, 0.2) is 84.0 Å². The molecule has 0 aliphatic rings. The van der Waals surface area contributed by atoms with Crippen LogP contribution in [0.5, 0.6) is 0 Å². The van der Waals surface area contributed by atoms with Crippen LogP contribution in [0.3, 0.4) is 0 Å². The molecular formula is C24H19N7S. The van der Waals surface area contributed by atoms with Crippen molar-refractivity contribution in [3.05, 3.63) is 84.4 Å². The second kappa shape index (κ2) is 8.05. The number of nitrogens with zero attached hydrogens (tertiary/aromatic N) is 7. The largest absolute Gasteiger partial charge is 0.323 e. The quantitative estimate of drug-likeness (QED) is 0.351. The van der Waals surface area contributed by atoms with Crippen molar-refractivity contribution in [1.82, 2.24) is 34.7 Å². The fourth-order valence-electron chi connectivity index (χ4n) is 3.99. The van der Waals surface area contributed by atoms with Gasteiger partial charge in [-0.3, -0.25) is 0 Å². The van der Waals surface area contributed by atoms with E-state index in [1.54, 1.807) is 0 Å². The Morgan fingerprint density at radius 1 is 0.750 bits per heavy atom. The van der Waals surface area contributed by atoms with E-state index in [0.717, 1.165) is 46.1 Å². The molecule has 0 aliphatic carbocycles. The summed E-state index contributed by atoms with van der Waals surface area (Å²) in [5.41, 5.74) is 6.00. The monoisotopic (exact) mass is 437 g/mol. The van der Waals surface area contributed by atoms with Gasteiger partial charge in [-0.25, -0.2) is 9.67 Å². The molecule has 0 N–H and O–H groups in total. The molecule has 0 amide bonds. The molecule has 32 heavy (non-hydrogen) atoms. The van der Waals surface area contributed by atoms with E-state index >= 15 is 0 Å². The third-order valence-corrected chi connectivity index (χ3v) is 6.36. The van der Waals surface area contributed by atoms with Crippen molar-refractivity contribution in [2.24, 2.45) is 0 Å². The molecule has 6 aromatic rings. The van der Waals surface area contributed by atoms with Crippen LogP contribution in [0.4, 0.5) is 0 Å². The summed E-state index contributed by atoms with van der Waals surface area (Å²) in [5.74, 6) is 0.567. The number of hydrogen-bond acceptors (Lipinski definition) is 6. The van der Waals surface area contributed by atoms with E-state index in [4.69, 9.17) is 4.98 Å². The maximum Gasteiger partial charge on any atom is 0.212 e. The van der Waals surface area contributed by atoms with Crippen LogP contribution in [0.1, 0.15) is 5.56 Å². The molecule has 0 bridgehead atoms. The number of aromatic nitrogens is 7. The summed E-state index contributed by atoms with van der Waals surface area (Å²) in [6.45, 7) is 0.824. The lowest BCUT2D eigenvalue weighted by atomic mass is 10.1. The second-order valence-corrected chi connectivity index (χ2v) is 8.43. The van der Waals surface area contributed by atoms with E-state index in [0.29, 0.717) is 11.0 Å². The number of hydrogen-bond donors (Lipinski definition) is 0. The highest BCUT2D eigenvalue weighted by atomic mass is 32.2. The van der Waals surface area contributed by atoms with Gasteiger partial charge in [0.25, 0.3) is 0 Å². The molecule has 6 rings (SSSR count). The summed E-state index contributed by atoms with van der Waals surface area (Å²) in [6.07, 6.45) is 0.923. The molecule has 3 aromatic heterocycles. The number of para-hydroxylation sites is 2. The van der Waals surface area contributed by atoms with Crippen molar-refractivity contribution in [2.75, 3.05) is 0 Å². The normalized spacial score (nSPS) is 11.6. The Balaban J connectivity index is 1.34. The molecule has 0 fully saturated rings. The minimum atomic E-state index is 0.567. The Bertz CT molecular complexity index is 1540. The summed E-state index contributed by atoms with van der Waals surface area (Å²) in [4.78, 5) is 4.89. The van der Waals surface area contributed by atoms with Gasteiger partial charge in [-0.2, -0.15) is 0 Å². The van der Waals surface area contributed by atoms with Crippen molar-refractivity contribution in [3.63, 3.8) is 0 Å². The first kappa shape index (κ1) is 18.9. The predicted octanol–water partition coefficient (Wildman–Crippen LogP) is 4.72. The average molecular weight is 438 g/mol. The Morgan fingerprint density at radius 2 is 1.53 bits per heavy atom. The van der Waals surface area contributed by atoms with Gasteiger partial charge in [0.1, 0.15) is 11.0 Å². The Hall–Kier alpha value is -3.78. The number of fused-ring (bicyclic) bond motifs is 4. The molecule has 0 aliphatic heterocycles. The molecule has 0 spiro atoms. The first-order valence-corrected chi connectivity index (χ1v) is 11.4. The lowest BCUT2D eigenvalue weighted by molar-refractivity contribution is 0.714. The summed E-state index contributed by atoms with van der Waals surface area (Å²) in [5, 5.41) is 19.1. The molecule has 0 unspecified atom stereocenters. The molecule has 156 valence electrons. The first-order valence-electron chi connectivity index (χ1n) is 10.4. The van der Waals surface area contributed by atoms with Gasteiger partial charge in [0, 0.05) is 11.9 Å². The first-order chi connectivity index (χ1) is 15.9. The zero-order valence-corrected chi connectivity index (χ0v) is 18.0. The van der Waals surface area contributed by atoms with Gasteiger partial charge in [0.05, 0.1) is 16.9 Å². The van der Waals surface area contributed by atoms with E-state index in [9.17, 15) is 0 Å². The Kier molecular flexibility index (Phi) is 4.77. The zero-order chi connectivity index (χ0) is 21.3. The van der Waals surface area contributed by atoms with Gasteiger partial charge in [-0.1, -0.05) is 77.6 Å². The van der Waals surface area contributed by atoms with Crippen LogP contribution < -0.4 is 0 Å². The maximum absolute atomic E-state index is 4.89. The van der Waals surface area contributed by atoms with Gasteiger partial charge in [-0.05, 0) is 30.2 Å². The topological polar surface area (TPSA) is 74.3 Å². The van der Waals surface area contributed by atoms with Gasteiger partial charge < -0.3 is 4.57 Å². The van der Waals surface area contributed by atoms with Gasteiger partial charge >= 0.3 is 0 Å². The fourth-order valence-corrected chi connectivity index (χ4v) is 4.67. The lowest BCUT2D eigenvalue weighted by Gasteiger charge is -2.07. The molecular weight excluding hydrogens is 418 g/mol. The molecule has 3 heterocycles. The highest BCUT2D eigenvalue weighted by Crippen LogP contribution is 2.28. The van der Waals surface area contributed by atoms with Crippen molar-refractivity contribution < 1.29 is 0 Å². The van der Waals surface area contributed by atoms with E-state index in [1.807, 2.05) is 41.1 Å². The van der Waals surface area contributed by atoms with Crippen LogP contribution >= 0.6 is 11.8 Å². The summed E-state index contributed by atoms with van der Waals surface area (Å²) < 4.78 is 4.11. The minimum absolute atomic E-state index is 0.567. The smallest absolute Gasteiger partial charge is 0.212 e. The molecule has 8 heteroatoms. The summed E-state index contributed by atoms with van der Waals surface area (Å²) in [7, 11) is 0.